The van der Waals surface area contributed by atoms with E-state index in [1.54, 1.807) is 0 Å². The molecule has 2 unspecified atom stereocenters. The number of nitrogens with zero attached hydrogens (tertiary/aromatic N) is 1. The summed E-state index contributed by atoms with van der Waals surface area (Å²) in [5.41, 5.74) is 0. The minimum Gasteiger partial charge on any atom is -0.477 e. The van der Waals surface area contributed by atoms with Crippen molar-refractivity contribution in [1.82, 2.24) is 0 Å². The fourth-order valence-electron chi connectivity index (χ4n) is 13.3. The molecule has 9 nitrogen and oxygen atoms in total. The summed E-state index contributed by atoms with van der Waals surface area (Å²) in [6, 6.07) is 0. The van der Waals surface area contributed by atoms with Crippen molar-refractivity contribution >= 4 is 17.9 Å². The summed E-state index contributed by atoms with van der Waals surface area (Å²) in [5.74, 6) is -1.97. The Morgan fingerprint density at radius 3 is 0.842 bits per heavy atom. The van der Waals surface area contributed by atoms with E-state index in [2.05, 4.69) is 86.8 Å². The number of carboxylic acids is 1. The Morgan fingerprint density at radius 2 is 0.564 bits per heavy atom. The minimum atomic E-state index is -1.51. The average molecular weight is 1420 g/mol. The molecule has 0 fully saturated rings. The lowest BCUT2D eigenvalue weighted by molar-refractivity contribution is -0.870. The van der Waals surface area contributed by atoms with E-state index in [-0.39, 0.29) is 38.2 Å². The van der Waals surface area contributed by atoms with Gasteiger partial charge in [0.25, 0.3) is 6.29 Å². The van der Waals surface area contributed by atoms with Gasteiger partial charge in [0.15, 0.2) is 6.10 Å². The van der Waals surface area contributed by atoms with Crippen LogP contribution in [0.15, 0.2) is 72.9 Å². The number of carboxylic acid groups (broad SMARTS) is 1. The molecule has 0 aromatic carbocycles. The van der Waals surface area contributed by atoms with Crippen LogP contribution in [0.3, 0.4) is 0 Å². The van der Waals surface area contributed by atoms with Crippen molar-refractivity contribution in [2.24, 2.45) is 0 Å². The third-order valence-electron chi connectivity index (χ3n) is 19.9. The molecule has 0 saturated carbocycles. The first-order valence-corrected chi connectivity index (χ1v) is 44.1. The lowest BCUT2D eigenvalue weighted by atomic mass is 10.0. The van der Waals surface area contributed by atoms with Crippen LogP contribution < -0.4 is 0 Å². The molecule has 0 heterocycles. The van der Waals surface area contributed by atoms with Crippen molar-refractivity contribution in [3.63, 3.8) is 0 Å². The Kier molecular flexibility index (Phi) is 79.7. The largest absolute Gasteiger partial charge is 0.477 e. The second-order valence-electron chi connectivity index (χ2n) is 31.2. The lowest BCUT2D eigenvalue weighted by Gasteiger charge is -2.25. The first kappa shape index (κ1) is 97.7. The van der Waals surface area contributed by atoms with Gasteiger partial charge in [-0.15, -0.1) is 0 Å². The Bertz CT molecular complexity index is 1900. The van der Waals surface area contributed by atoms with Gasteiger partial charge in [0, 0.05) is 12.8 Å². The number of aliphatic carboxylic acids is 1. The molecule has 0 rings (SSSR count). The van der Waals surface area contributed by atoms with E-state index >= 15 is 0 Å². The van der Waals surface area contributed by atoms with Gasteiger partial charge in [-0.25, -0.2) is 4.79 Å². The molecule has 590 valence electrons. The molecule has 0 aromatic heterocycles. The smallest absolute Gasteiger partial charge is 0.361 e. The monoisotopic (exact) mass is 1420 g/mol. The second-order valence-corrected chi connectivity index (χ2v) is 31.2. The number of unbranched alkanes of at least 4 members (excludes halogenated alkanes) is 56. The standard InChI is InChI=1S/C92H169NO8/c1-6-8-10-12-14-16-18-20-22-24-26-28-30-32-34-36-38-40-42-44-45-47-49-51-53-55-57-59-61-63-65-67-69-71-73-75-77-79-81-83-90(95)101-88(87-100-92(91(96)97)98-85-84-93(3,4)5)86-99-89(94)82-80-78-76-74-72-70-68-66-64-62-60-58-56-54-52-50-48-46-43-41-39-37-35-33-31-29-27-25-23-21-19-17-15-13-11-9-7-2/h8,10,14,16,19-22,25-28,88,92H,6-7,9,11-13,15,17-18,23-24,29-87H2,1-5H3/p+1/b10-8-,16-14-,21-19-,22-20-,27-25-,28-26-. The highest BCUT2D eigenvalue weighted by Gasteiger charge is 2.25. The Morgan fingerprint density at radius 1 is 0.307 bits per heavy atom. The van der Waals surface area contributed by atoms with Crippen LogP contribution in [0, 0.1) is 0 Å². The summed E-state index contributed by atoms with van der Waals surface area (Å²) in [6.45, 7) is 4.83. The summed E-state index contributed by atoms with van der Waals surface area (Å²) in [7, 11) is 6.00. The number of allylic oxidation sites excluding steroid dienone is 12. The minimum absolute atomic E-state index is 0.176. The van der Waals surface area contributed by atoms with Crippen molar-refractivity contribution < 1.29 is 42.9 Å². The van der Waals surface area contributed by atoms with Crippen LogP contribution in [0.4, 0.5) is 0 Å². The maximum absolute atomic E-state index is 13.0. The Balaban J connectivity index is 3.91. The molecular formula is C92H170NO8+. The topological polar surface area (TPSA) is 108 Å². The van der Waals surface area contributed by atoms with Crippen molar-refractivity contribution in [3.05, 3.63) is 72.9 Å². The van der Waals surface area contributed by atoms with Crippen LogP contribution in [0.1, 0.15) is 438 Å². The summed E-state index contributed by atoms with van der Waals surface area (Å²) in [6.07, 6.45) is 110. The van der Waals surface area contributed by atoms with Crippen molar-refractivity contribution in [2.75, 3.05) is 47.5 Å². The zero-order valence-corrected chi connectivity index (χ0v) is 67.8. The van der Waals surface area contributed by atoms with E-state index in [1.807, 2.05) is 21.1 Å². The molecule has 0 aliphatic heterocycles. The molecule has 0 aliphatic rings. The SMILES string of the molecule is CC/C=C\C/C=C\C/C=C\C/C=C\CCCCCCCCCCCCCCCCCCCCCCCCCCCCC(=O)OC(COC(=O)CCCCCCCCCCCCCCCCCCCCCCCCCCC/C=C\C/C=C\CCCCCCC)COC(OCC[N+](C)(C)C)C(=O)O. The van der Waals surface area contributed by atoms with Gasteiger partial charge in [0.05, 0.1) is 34.4 Å². The number of hydrogen-bond acceptors (Lipinski definition) is 7. The van der Waals surface area contributed by atoms with Crippen LogP contribution in [0.25, 0.3) is 0 Å². The van der Waals surface area contributed by atoms with E-state index in [9.17, 15) is 19.5 Å². The molecule has 101 heavy (non-hydrogen) atoms. The predicted molar refractivity (Wildman–Crippen MR) is 438 cm³/mol. The van der Waals surface area contributed by atoms with Crippen molar-refractivity contribution in [2.45, 2.75) is 450 Å². The van der Waals surface area contributed by atoms with Gasteiger partial charge in [0.1, 0.15) is 13.2 Å². The summed E-state index contributed by atoms with van der Waals surface area (Å²) in [5, 5.41) is 9.79. The van der Waals surface area contributed by atoms with E-state index in [0.717, 1.165) is 70.6 Å². The van der Waals surface area contributed by atoms with E-state index in [1.165, 1.54) is 340 Å². The number of esters is 2. The van der Waals surface area contributed by atoms with Gasteiger partial charge < -0.3 is 28.5 Å². The van der Waals surface area contributed by atoms with Gasteiger partial charge in [-0.1, -0.05) is 414 Å². The second kappa shape index (κ2) is 82.4. The molecule has 0 radical (unpaired) electrons. The molecule has 0 saturated heterocycles. The number of hydrogen-bond donors (Lipinski definition) is 1. The van der Waals surface area contributed by atoms with Gasteiger partial charge in [0.2, 0.25) is 0 Å². The van der Waals surface area contributed by atoms with Crippen LogP contribution >= 0.6 is 0 Å². The zero-order valence-electron chi connectivity index (χ0n) is 67.8. The highest BCUT2D eigenvalue weighted by Crippen LogP contribution is 2.21. The van der Waals surface area contributed by atoms with Gasteiger partial charge >= 0.3 is 17.9 Å². The third kappa shape index (κ3) is 83.9. The highest BCUT2D eigenvalue weighted by molar-refractivity contribution is 5.71. The van der Waals surface area contributed by atoms with E-state index in [4.69, 9.17) is 18.9 Å². The Labute approximate surface area is 628 Å². The molecule has 0 spiro atoms. The third-order valence-corrected chi connectivity index (χ3v) is 19.9. The number of quaternary nitrogens is 1. The fraction of sp³-hybridized carbons (Fsp3) is 0.837. The summed E-state index contributed by atoms with van der Waals surface area (Å²) in [4.78, 5) is 37.8. The molecule has 0 amide bonds. The van der Waals surface area contributed by atoms with Gasteiger partial charge in [-0.3, -0.25) is 9.59 Å². The maximum Gasteiger partial charge on any atom is 0.361 e. The van der Waals surface area contributed by atoms with Crippen LogP contribution in [0.5, 0.6) is 0 Å². The quantitative estimate of drug-likeness (QED) is 0.0211. The molecule has 1 N–H and O–H groups in total. The number of carbonyl (C=O) groups excluding carboxylic acids is 2. The molecule has 0 aromatic rings. The number of carbonyl (C=O) groups is 3. The average Bonchev–Trinajstić information content (AvgIpc) is 1.21. The lowest BCUT2D eigenvalue weighted by Crippen LogP contribution is -2.40. The zero-order chi connectivity index (χ0) is 73.2. The summed E-state index contributed by atoms with van der Waals surface area (Å²) < 4.78 is 23.1. The van der Waals surface area contributed by atoms with Crippen molar-refractivity contribution in [1.29, 1.82) is 0 Å². The van der Waals surface area contributed by atoms with Crippen LogP contribution in [0.2, 0.25) is 0 Å². The molecule has 9 heteroatoms. The van der Waals surface area contributed by atoms with Gasteiger partial charge in [-0.2, -0.15) is 0 Å². The van der Waals surface area contributed by atoms with Gasteiger partial charge in [-0.05, 0) is 83.5 Å². The van der Waals surface area contributed by atoms with Crippen molar-refractivity contribution in [3.8, 4) is 0 Å². The van der Waals surface area contributed by atoms with E-state index < -0.39 is 18.4 Å². The number of rotatable bonds is 83. The normalized spacial score (nSPS) is 12.9. The molecular weight excluding hydrogens is 1250 g/mol. The number of likely N-dealkylation sites (N-methyl/N-ethyl adjacent to an activating group) is 1. The first-order chi connectivity index (χ1) is 49.6. The summed E-state index contributed by atoms with van der Waals surface area (Å²) >= 11 is 0. The molecule has 0 bridgehead atoms. The molecule has 0 aliphatic carbocycles. The Hall–Kier alpha value is -3.27. The molecule has 2 atom stereocenters. The van der Waals surface area contributed by atoms with Crippen LogP contribution in [-0.2, 0) is 33.3 Å². The highest BCUT2D eigenvalue weighted by atomic mass is 16.7. The van der Waals surface area contributed by atoms with Crippen LogP contribution in [-0.4, -0.2) is 87.4 Å². The van der Waals surface area contributed by atoms with E-state index in [0.29, 0.717) is 17.4 Å². The predicted octanol–water partition coefficient (Wildman–Crippen LogP) is 28.7. The first-order valence-electron chi connectivity index (χ1n) is 44.1. The number of ether oxygens (including phenoxy) is 4. The maximum atomic E-state index is 13.0. The fourth-order valence-corrected chi connectivity index (χ4v) is 13.3.